The highest BCUT2D eigenvalue weighted by atomic mass is 16.2. The van der Waals surface area contributed by atoms with Gasteiger partial charge in [-0.3, -0.25) is 14.2 Å². The van der Waals surface area contributed by atoms with E-state index < -0.39 is 0 Å². The highest BCUT2D eigenvalue weighted by Gasteiger charge is 2.13. The Hall–Kier alpha value is -2.31. The molecule has 108 valence electrons. The lowest BCUT2D eigenvalue weighted by atomic mass is 10.3. The Bertz CT molecular complexity index is 585. The molecule has 0 aliphatic carbocycles. The summed E-state index contributed by atoms with van der Waals surface area (Å²) in [6.07, 6.45) is 4.14. The third-order valence-corrected chi connectivity index (χ3v) is 3.00. The third kappa shape index (κ3) is 3.17. The molecule has 0 fully saturated rings. The van der Waals surface area contributed by atoms with Crippen LogP contribution in [0.2, 0.25) is 0 Å². The van der Waals surface area contributed by atoms with Gasteiger partial charge in [0.1, 0.15) is 5.69 Å². The Labute approximate surface area is 117 Å². The molecule has 0 aliphatic rings. The van der Waals surface area contributed by atoms with Crippen molar-refractivity contribution in [3.63, 3.8) is 0 Å². The molecular weight excluding hydrogens is 256 g/mol. The van der Waals surface area contributed by atoms with E-state index in [1.807, 2.05) is 19.9 Å². The molecule has 0 atom stereocenters. The molecule has 2 aromatic heterocycles. The number of aryl methyl sites for hydroxylation is 2. The summed E-state index contributed by atoms with van der Waals surface area (Å²) in [5.41, 5.74) is 7.72. The van der Waals surface area contributed by atoms with Crippen molar-refractivity contribution in [1.29, 1.82) is 0 Å². The molecule has 7 heteroatoms. The van der Waals surface area contributed by atoms with Crippen LogP contribution in [0, 0.1) is 0 Å². The van der Waals surface area contributed by atoms with Crippen molar-refractivity contribution in [1.82, 2.24) is 24.9 Å². The second-order valence-corrected chi connectivity index (χ2v) is 4.48. The summed E-state index contributed by atoms with van der Waals surface area (Å²) in [6, 6.07) is 1.84. The summed E-state index contributed by atoms with van der Waals surface area (Å²) < 4.78 is 3.42. The first-order chi connectivity index (χ1) is 9.63. The van der Waals surface area contributed by atoms with E-state index in [4.69, 9.17) is 5.73 Å². The van der Waals surface area contributed by atoms with E-state index in [0.29, 0.717) is 31.0 Å². The number of carbonyl (C=O) groups excluding carboxylic acids is 1. The first kappa shape index (κ1) is 14.1. The largest absolute Gasteiger partial charge is 0.396 e. The normalized spacial score (nSPS) is 10.7. The van der Waals surface area contributed by atoms with Crippen LogP contribution < -0.4 is 11.1 Å². The number of aromatic nitrogens is 4. The number of anilines is 1. The molecule has 0 unspecified atom stereocenters. The molecule has 0 bridgehead atoms. The fourth-order valence-electron chi connectivity index (χ4n) is 1.94. The molecule has 0 saturated carbocycles. The number of hydrogen-bond donors (Lipinski definition) is 2. The first-order valence-corrected chi connectivity index (χ1v) is 6.76. The maximum absolute atomic E-state index is 12.1. The summed E-state index contributed by atoms with van der Waals surface area (Å²) in [6.45, 7) is 5.75. The highest BCUT2D eigenvalue weighted by Crippen LogP contribution is 2.05. The summed E-state index contributed by atoms with van der Waals surface area (Å²) in [7, 11) is 0. The molecule has 2 aromatic rings. The maximum Gasteiger partial charge on any atom is 0.269 e. The van der Waals surface area contributed by atoms with E-state index in [9.17, 15) is 4.79 Å². The predicted octanol–water partition coefficient (Wildman–Crippen LogP) is 0.674. The number of rotatable bonds is 6. The highest BCUT2D eigenvalue weighted by molar-refractivity contribution is 5.92. The van der Waals surface area contributed by atoms with Crippen molar-refractivity contribution in [2.45, 2.75) is 33.4 Å². The molecule has 3 N–H and O–H groups in total. The summed E-state index contributed by atoms with van der Waals surface area (Å²) in [4.78, 5) is 12.1. The minimum absolute atomic E-state index is 0.112. The molecule has 7 nitrogen and oxygen atoms in total. The third-order valence-electron chi connectivity index (χ3n) is 3.00. The van der Waals surface area contributed by atoms with Crippen LogP contribution >= 0.6 is 0 Å². The Kier molecular flexibility index (Phi) is 4.39. The minimum Gasteiger partial charge on any atom is -0.396 e. The van der Waals surface area contributed by atoms with Crippen LogP contribution in [0.4, 0.5) is 5.69 Å². The number of nitrogens with zero attached hydrogens (tertiary/aromatic N) is 4. The van der Waals surface area contributed by atoms with Gasteiger partial charge < -0.3 is 11.1 Å². The lowest BCUT2D eigenvalue weighted by Gasteiger charge is -2.06. The van der Waals surface area contributed by atoms with E-state index in [-0.39, 0.29) is 5.91 Å². The van der Waals surface area contributed by atoms with E-state index in [1.54, 1.807) is 21.8 Å². The number of amides is 1. The van der Waals surface area contributed by atoms with Gasteiger partial charge in [0.15, 0.2) is 0 Å². The van der Waals surface area contributed by atoms with Gasteiger partial charge >= 0.3 is 0 Å². The second-order valence-electron chi connectivity index (χ2n) is 4.48. The van der Waals surface area contributed by atoms with Crippen molar-refractivity contribution in [3.8, 4) is 0 Å². The molecular formula is C13H20N6O. The lowest BCUT2D eigenvalue weighted by Crippen LogP contribution is -2.29. The van der Waals surface area contributed by atoms with Gasteiger partial charge in [0.2, 0.25) is 0 Å². The van der Waals surface area contributed by atoms with Crippen molar-refractivity contribution in [2.75, 3.05) is 12.3 Å². The zero-order valence-corrected chi connectivity index (χ0v) is 11.8. The lowest BCUT2D eigenvalue weighted by molar-refractivity contribution is 0.0941. The van der Waals surface area contributed by atoms with Gasteiger partial charge in [-0.1, -0.05) is 6.92 Å². The van der Waals surface area contributed by atoms with Crippen LogP contribution in [0.25, 0.3) is 0 Å². The Morgan fingerprint density at radius 2 is 2.25 bits per heavy atom. The Morgan fingerprint density at radius 3 is 2.85 bits per heavy atom. The number of hydrogen-bond acceptors (Lipinski definition) is 4. The number of nitrogens with two attached hydrogens (primary N) is 1. The van der Waals surface area contributed by atoms with Crippen molar-refractivity contribution < 1.29 is 4.79 Å². The number of nitrogen functional groups attached to an aromatic ring is 1. The van der Waals surface area contributed by atoms with Crippen LogP contribution in [-0.4, -0.2) is 32.0 Å². The zero-order chi connectivity index (χ0) is 14.5. The molecule has 1 amide bonds. The van der Waals surface area contributed by atoms with E-state index in [2.05, 4.69) is 15.5 Å². The first-order valence-electron chi connectivity index (χ1n) is 6.76. The van der Waals surface area contributed by atoms with E-state index in [1.165, 1.54) is 0 Å². The molecule has 0 radical (unpaired) electrons. The number of carbonyl (C=O) groups is 1. The standard InChI is InChI=1S/C13H20N6O/c1-3-11-7-12(19(4-2)17-11)13(20)15-5-6-18-9-10(14)8-16-18/h7-9H,3-6,14H2,1-2H3,(H,15,20). The van der Waals surface area contributed by atoms with Crippen LogP contribution in [0.1, 0.15) is 30.0 Å². The minimum atomic E-state index is -0.112. The fourth-order valence-corrected chi connectivity index (χ4v) is 1.94. The van der Waals surface area contributed by atoms with Crippen molar-refractivity contribution in [3.05, 3.63) is 29.8 Å². The average Bonchev–Trinajstić information content (AvgIpc) is 3.04. The topological polar surface area (TPSA) is 90.8 Å². The molecule has 0 saturated heterocycles. The zero-order valence-electron chi connectivity index (χ0n) is 11.8. The van der Waals surface area contributed by atoms with Crippen molar-refractivity contribution >= 4 is 11.6 Å². The van der Waals surface area contributed by atoms with Gasteiger partial charge in [0.25, 0.3) is 5.91 Å². The Balaban J connectivity index is 1.92. The SMILES string of the molecule is CCc1cc(C(=O)NCCn2cc(N)cn2)n(CC)n1. The van der Waals surface area contributed by atoms with Crippen molar-refractivity contribution in [2.24, 2.45) is 0 Å². The summed E-state index contributed by atoms with van der Waals surface area (Å²) >= 11 is 0. The average molecular weight is 276 g/mol. The predicted molar refractivity (Wildman–Crippen MR) is 76.3 cm³/mol. The van der Waals surface area contributed by atoms with Gasteiger partial charge in [0.05, 0.1) is 24.1 Å². The van der Waals surface area contributed by atoms with Gasteiger partial charge in [-0.15, -0.1) is 0 Å². The van der Waals surface area contributed by atoms with E-state index in [0.717, 1.165) is 12.1 Å². The Morgan fingerprint density at radius 1 is 1.45 bits per heavy atom. The molecule has 0 spiro atoms. The molecule has 0 aliphatic heterocycles. The van der Waals surface area contributed by atoms with Crippen LogP contribution in [0.3, 0.4) is 0 Å². The molecule has 20 heavy (non-hydrogen) atoms. The monoisotopic (exact) mass is 276 g/mol. The van der Waals surface area contributed by atoms with Gasteiger partial charge in [-0.2, -0.15) is 10.2 Å². The summed E-state index contributed by atoms with van der Waals surface area (Å²) in [5, 5.41) is 11.3. The summed E-state index contributed by atoms with van der Waals surface area (Å²) in [5.74, 6) is -0.112. The second kappa shape index (κ2) is 6.23. The van der Waals surface area contributed by atoms with E-state index >= 15 is 0 Å². The van der Waals surface area contributed by atoms with Crippen LogP contribution in [0.15, 0.2) is 18.5 Å². The molecule has 2 heterocycles. The van der Waals surface area contributed by atoms with Crippen LogP contribution in [-0.2, 0) is 19.5 Å². The fraction of sp³-hybridized carbons (Fsp3) is 0.462. The van der Waals surface area contributed by atoms with Crippen LogP contribution in [0.5, 0.6) is 0 Å². The maximum atomic E-state index is 12.1. The van der Waals surface area contributed by atoms with Gasteiger partial charge in [0, 0.05) is 19.3 Å². The quantitative estimate of drug-likeness (QED) is 0.811. The molecule has 0 aromatic carbocycles. The van der Waals surface area contributed by atoms with Gasteiger partial charge in [-0.25, -0.2) is 0 Å². The molecule has 2 rings (SSSR count). The smallest absolute Gasteiger partial charge is 0.269 e. The number of nitrogens with one attached hydrogen (secondary N) is 1. The van der Waals surface area contributed by atoms with Gasteiger partial charge in [-0.05, 0) is 19.4 Å².